The average molecular weight is 443 g/mol. The van der Waals surface area contributed by atoms with Crippen molar-refractivity contribution in [1.29, 1.82) is 0 Å². The molecule has 3 rings (SSSR count). The summed E-state index contributed by atoms with van der Waals surface area (Å²) in [6, 6.07) is 10.6. The maximum atomic E-state index is 12.7. The number of carbonyl (C=O) groups is 1. The number of hydrogen-bond donors (Lipinski definition) is 0. The molecule has 1 aliphatic heterocycles. The summed E-state index contributed by atoms with van der Waals surface area (Å²) in [5, 5.41) is 0.584. The Morgan fingerprint density at radius 2 is 1.66 bits per heavy atom. The van der Waals surface area contributed by atoms with Gasteiger partial charge in [0.05, 0.1) is 5.75 Å². The Kier molecular flexibility index (Phi) is 6.69. The highest BCUT2D eigenvalue weighted by atomic mass is 35.5. The standard InChI is InChI=1S/C21H22ClF3N2OS/c1-14-11-15(2)19(29-13-21(23,24)25)12-18(14)26-7-9-27(10-8-26)20(28)16-3-5-17(22)6-4-16/h3-6,11-12H,7-10,13H2,1-2H3. The van der Waals surface area contributed by atoms with Gasteiger partial charge >= 0.3 is 6.18 Å². The van der Waals surface area contributed by atoms with Gasteiger partial charge < -0.3 is 9.80 Å². The molecule has 29 heavy (non-hydrogen) atoms. The Morgan fingerprint density at radius 3 is 2.24 bits per heavy atom. The van der Waals surface area contributed by atoms with Gasteiger partial charge in [0.15, 0.2) is 0 Å². The third kappa shape index (κ3) is 5.60. The molecular formula is C21H22ClF3N2OS. The number of rotatable bonds is 4. The van der Waals surface area contributed by atoms with Crippen molar-refractivity contribution in [3.05, 3.63) is 58.1 Å². The van der Waals surface area contributed by atoms with Crippen molar-refractivity contribution in [2.75, 3.05) is 36.8 Å². The number of nitrogens with zero attached hydrogens (tertiary/aromatic N) is 2. The molecule has 8 heteroatoms. The molecule has 3 nitrogen and oxygen atoms in total. The summed E-state index contributed by atoms with van der Waals surface area (Å²) in [4.78, 5) is 17.2. The maximum absolute atomic E-state index is 12.7. The summed E-state index contributed by atoms with van der Waals surface area (Å²) in [5.74, 6) is -0.942. The fourth-order valence-electron chi connectivity index (χ4n) is 3.40. The van der Waals surface area contributed by atoms with Crippen molar-refractivity contribution in [3.63, 3.8) is 0 Å². The molecule has 0 aromatic heterocycles. The van der Waals surface area contributed by atoms with E-state index in [-0.39, 0.29) is 5.91 Å². The summed E-state index contributed by atoms with van der Waals surface area (Å²) in [6.07, 6.45) is -4.20. The number of alkyl halides is 3. The lowest BCUT2D eigenvalue weighted by molar-refractivity contribution is -0.105. The van der Waals surface area contributed by atoms with Gasteiger partial charge in [-0.2, -0.15) is 13.2 Å². The maximum Gasteiger partial charge on any atom is 0.398 e. The Balaban J connectivity index is 1.68. The fraction of sp³-hybridized carbons (Fsp3) is 0.381. The van der Waals surface area contributed by atoms with E-state index in [1.54, 1.807) is 29.2 Å². The molecule has 1 heterocycles. The number of aryl methyl sites for hydroxylation is 2. The minimum absolute atomic E-state index is 0.0385. The van der Waals surface area contributed by atoms with Crippen molar-refractivity contribution in [1.82, 2.24) is 4.90 Å². The van der Waals surface area contributed by atoms with Crippen LogP contribution in [0.1, 0.15) is 21.5 Å². The Bertz CT molecular complexity index is 879. The highest BCUT2D eigenvalue weighted by Gasteiger charge is 2.28. The summed E-state index contributed by atoms with van der Waals surface area (Å²) < 4.78 is 37.8. The molecule has 0 unspecified atom stereocenters. The molecule has 1 amide bonds. The van der Waals surface area contributed by atoms with E-state index in [1.807, 2.05) is 26.0 Å². The van der Waals surface area contributed by atoms with Crippen LogP contribution in [0.25, 0.3) is 0 Å². The van der Waals surface area contributed by atoms with Crippen molar-refractivity contribution in [3.8, 4) is 0 Å². The first-order chi connectivity index (χ1) is 13.6. The summed E-state index contributed by atoms with van der Waals surface area (Å²) >= 11 is 6.70. The zero-order valence-corrected chi connectivity index (χ0v) is 17.8. The van der Waals surface area contributed by atoms with Crippen LogP contribution in [-0.2, 0) is 0 Å². The molecule has 1 saturated heterocycles. The number of anilines is 1. The van der Waals surface area contributed by atoms with Crippen LogP contribution in [0.4, 0.5) is 18.9 Å². The number of benzene rings is 2. The molecule has 2 aromatic rings. The van der Waals surface area contributed by atoms with Crippen LogP contribution < -0.4 is 4.90 Å². The zero-order chi connectivity index (χ0) is 21.2. The Morgan fingerprint density at radius 1 is 1.03 bits per heavy atom. The minimum Gasteiger partial charge on any atom is -0.368 e. The predicted molar refractivity (Wildman–Crippen MR) is 112 cm³/mol. The summed E-state index contributed by atoms with van der Waals surface area (Å²) in [7, 11) is 0. The molecular weight excluding hydrogens is 421 g/mol. The number of amides is 1. The van der Waals surface area contributed by atoms with Crippen LogP contribution in [0.3, 0.4) is 0 Å². The molecule has 1 fully saturated rings. The molecule has 1 aliphatic rings. The molecule has 0 bridgehead atoms. The van der Waals surface area contributed by atoms with Gasteiger partial charge in [0, 0.05) is 47.3 Å². The molecule has 0 N–H and O–H groups in total. The third-order valence-corrected chi connectivity index (χ3v) is 6.36. The summed E-state index contributed by atoms with van der Waals surface area (Å²) in [6.45, 7) is 6.17. The molecule has 0 saturated carbocycles. The van der Waals surface area contributed by atoms with E-state index in [9.17, 15) is 18.0 Å². The van der Waals surface area contributed by atoms with Crippen molar-refractivity contribution in [2.24, 2.45) is 0 Å². The van der Waals surface area contributed by atoms with Crippen LogP contribution in [-0.4, -0.2) is 48.9 Å². The van der Waals surface area contributed by atoms with Crippen molar-refractivity contribution >= 4 is 35.0 Å². The number of piperazine rings is 1. The lowest BCUT2D eigenvalue weighted by Crippen LogP contribution is -2.49. The number of hydrogen-bond acceptors (Lipinski definition) is 3. The van der Waals surface area contributed by atoms with Gasteiger partial charge in [-0.25, -0.2) is 0 Å². The molecule has 156 valence electrons. The van der Waals surface area contributed by atoms with Crippen LogP contribution >= 0.6 is 23.4 Å². The van der Waals surface area contributed by atoms with Gasteiger partial charge in [-0.1, -0.05) is 17.7 Å². The molecule has 0 spiro atoms. The number of halogens is 4. The van der Waals surface area contributed by atoms with E-state index < -0.39 is 11.9 Å². The first-order valence-electron chi connectivity index (χ1n) is 9.24. The van der Waals surface area contributed by atoms with Crippen LogP contribution in [0, 0.1) is 13.8 Å². The normalized spacial score (nSPS) is 15.0. The first-order valence-corrected chi connectivity index (χ1v) is 10.6. The van der Waals surface area contributed by atoms with E-state index in [1.165, 1.54) is 0 Å². The van der Waals surface area contributed by atoms with Gasteiger partial charge in [-0.05, 0) is 55.3 Å². The topological polar surface area (TPSA) is 23.6 Å². The molecule has 0 atom stereocenters. The lowest BCUT2D eigenvalue weighted by Gasteiger charge is -2.37. The van der Waals surface area contributed by atoms with Gasteiger partial charge in [0.1, 0.15) is 0 Å². The zero-order valence-electron chi connectivity index (χ0n) is 16.2. The van der Waals surface area contributed by atoms with E-state index >= 15 is 0 Å². The first kappa shape index (κ1) is 21.8. The van der Waals surface area contributed by atoms with E-state index in [0.29, 0.717) is 41.7 Å². The Labute approximate surface area is 177 Å². The smallest absolute Gasteiger partial charge is 0.368 e. The van der Waals surface area contributed by atoms with Crippen LogP contribution in [0.2, 0.25) is 5.02 Å². The minimum atomic E-state index is -4.20. The SMILES string of the molecule is Cc1cc(C)c(N2CCN(C(=O)c3ccc(Cl)cc3)CC2)cc1SCC(F)(F)F. The van der Waals surface area contributed by atoms with Gasteiger partial charge in [-0.15, -0.1) is 11.8 Å². The number of carbonyl (C=O) groups excluding carboxylic acids is 1. The van der Waals surface area contributed by atoms with Gasteiger partial charge in [0.25, 0.3) is 5.91 Å². The Hall–Kier alpha value is -1.86. The van der Waals surface area contributed by atoms with Gasteiger partial charge in [-0.3, -0.25) is 4.79 Å². The van der Waals surface area contributed by atoms with Crippen LogP contribution in [0.5, 0.6) is 0 Å². The van der Waals surface area contributed by atoms with Crippen LogP contribution in [0.15, 0.2) is 41.3 Å². The summed E-state index contributed by atoms with van der Waals surface area (Å²) in [5.41, 5.74) is 3.40. The highest BCUT2D eigenvalue weighted by Crippen LogP contribution is 2.34. The second-order valence-electron chi connectivity index (χ2n) is 7.09. The van der Waals surface area contributed by atoms with Crippen molar-refractivity contribution in [2.45, 2.75) is 24.9 Å². The van der Waals surface area contributed by atoms with E-state index in [4.69, 9.17) is 11.6 Å². The third-order valence-electron chi connectivity index (χ3n) is 4.88. The van der Waals surface area contributed by atoms with Gasteiger partial charge in [0.2, 0.25) is 0 Å². The predicted octanol–water partition coefficient (Wildman–Crippen LogP) is 5.57. The molecule has 0 aliphatic carbocycles. The number of thioether (sulfide) groups is 1. The largest absolute Gasteiger partial charge is 0.398 e. The molecule has 2 aromatic carbocycles. The lowest BCUT2D eigenvalue weighted by atomic mass is 10.1. The average Bonchev–Trinajstić information content (AvgIpc) is 2.67. The highest BCUT2D eigenvalue weighted by molar-refractivity contribution is 7.99. The van der Waals surface area contributed by atoms with Crippen molar-refractivity contribution < 1.29 is 18.0 Å². The van der Waals surface area contributed by atoms with E-state index in [0.717, 1.165) is 28.6 Å². The van der Waals surface area contributed by atoms with E-state index in [2.05, 4.69) is 4.90 Å². The quantitative estimate of drug-likeness (QED) is 0.578. The second-order valence-corrected chi connectivity index (χ2v) is 8.55. The second kappa shape index (κ2) is 8.88. The fourth-order valence-corrected chi connectivity index (χ4v) is 4.33. The monoisotopic (exact) mass is 442 g/mol. The molecule has 0 radical (unpaired) electrons.